The van der Waals surface area contributed by atoms with Gasteiger partial charge in [-0.2, -0.15) is 5.26 Å². The number of benzene rings is 5. The van der Waals surface area contributed by atoms with Crippen LogP contribution < -0.4 is 0 Å². The van der Waals surface area contributed by atoms with Crippen LogP contribution in [0.2, 0.25) is 0 Å². The molecule has 0 aliphatic rings. The lowest BCUT2D eigenvalue weighted by Crippen LogP contribution is -1.98. The van der Waals surface area contributed by atoms with E-state index in [0.29, 0.717) is 16.8 Å². The number of pyridine rings is 1. The van der Waals surface area contributed by atoms with E-state index in [-0.39, 0.29) is 0 Å². The summed E-state index contributed by atoms with van der Waals surface area (Å²) in [6.45, 7) is 7.83. The average Bonchev–Trinajstić information content (AvgIpc) is 3.39. The maximum Gasteiger partial charge on any atom is 0.196 e. The van der Waals surface area contributed by atoms with Gasteiger partial charge in [0.15, 0.2) is 5.69 Å². The highest BCUT2D eigenvalue weighted by molar-refractivity contribution is 6.17. The molecule has 0 fully saturated rings. The molecule has 0 radical (unpaired) electrons. The van der Waals surface area contributed by atoms with Crippen LogP contribution in [0.5, 0.6) is 0 Å². The van der Waals surface area contributed by atoms with E-state index in [1.54, 1.807) is 18.2 Å². The van der Waals surface area contributed by atoms with Crippen molar-refractivity contribution >= 4 is 27.5 Å². The molecule has 7 rings (SSSR count). The second-order valence-corrected chi connectivity index (χ2v) is 9.80. The summed E-state index contributed by atoms with van der Waals surface area (Å²) in [5, 5.41) is 12.0. The molecule has 0 N–H and O–H groups in total. The van der Waals surface area contributed by atoms with Gasteiger partial charge < -0.3 is 4.57 Å². The number of nitriles is 1. The fraction of sp³-hybridized carbons (Fsp3) is 0. The van der Waals surface area contributed by atoms with Gasteiger partial charge in [-0.3, -0.25) is 0 Å². The predicted octanol–water partition coefficient (Wildman–Crippen LogP) is 9.60. The first-order valence-corrected chi connectivity index (χ1v) is 13.3. The van der Waals surface area contributed by atoms with Crippen molar-refractivity contribution in [3.8, 4) is 45.4 Å². The van der Waals surface area contributed by atoms with Crippen LogP contribution in [0.1, 0.15) is 5.56 Å². The maximum absolute atomic E-state index is 9.98. The summed E-state index contributed by atoms with van der Waals surface area (Å²) in [5.41, 5.74) is 9.37. The lowest BCUT2D eigenvalue weighted by atomic mass is 9.94. The zero-order valence-corrected chi connectivity index (χ0v) is 22.0. The third kappa shape index (κ3) is 4.03. The third-order valence-corrected chi connectivity index (χ3v) is 7.46. The van der Waals surface area contributed by atoms with Crippen LogP contribution in [0.25, 0.3) is 66.0 Å². The van der Waals surface area contributed by atoms with Gasteiger partial charge in [-0.1, -0.05) is 103 Å². The quantitative estimate of drug-likeness (QED) is 0.216. The summed E-state index contributed by atoms with van der Waals surface area (Å²) in [4.78, 5) is 8.85. The summed E-state index contributed by atoms with van der Waals surface area (Å²) < 4.78 is 2.27. The number of hydrogen-bond donors (Lipinski definition) is 0. The van der Waals surface area contributed by atoms with Crippen LogP contribution in [0.15, 0.2) is 133 Å². The Hall–Kier alpha value is -5.97. The van der Waals surface area contributed by atoms with Crippen molar-refractivity contribution in [2.24, 2.45) is 0 Å². The number of aromatic nitrogens is 2. The van der Waals surface area contributed by atoms with E-state index in [4.69, 9.17) is 11.6 Å². The first-order valence-electron chi connectivity index (χ1n) is 13.3. The molecule has 2 heterocycles. The Morgan fingerprint density at radius 1 is 0.659 bits per heavy atom. The molecule has 7 aromatic rings. The van der Waals surface area contributed by atoms with Gasteiger partial charge in [0.05, 0.1) is 40.8 Å². The molecule has 0 saturated heterocycles. The Labute approximate surface area is 237 Å². The molecule has 41 heavy (non-hydrogen) atoms. The summed E-state index contributed by atoms with van der Waals surface area (Å²) >= 11 is 0. The predicted molar refractivity (Wildman–Crippen MR) is 166 cm³/mol. The van der Waals surface area contributed by atoms with Crippen molar-refractivity contribution < 1.29 is 0 Å². The van der Waals surface area contributed by atoms with Gasteiger partial charge in [0.25, 0.3) is 0 Å². The fourth-order valence-electron chi connectivity index (χ4n) is 5.67. The van der Waals surface area contributed by atoms with E-state index in [1.165, 1.54) is 0 Å². The van der Waals surface area contributed by atoms with Crippen LogP contribution in [0.3, 0.4) is 0 Å². The van der Waals surface area contributed by atoms with Gasteiger partial charge in [-0.15, -0.1) is 0 Å². The number of hydrogen-bond acceptors (Lipinski definition) is 2. The lowest BCUT2D eigenvalue weighted by molar-refractivity contribution is 1.16. The Morgan fingerprint density at radius 3 is 1.93 bits per heavy atom. The topological polar surface area (TPSA) is 46.0 Å². The minimum absolute atomic E-state index is 0.468. The molecule has 4 heteroatoms. The Balaban J connectivity index is 1.59. The number of para-hydroxylation sites is 1. The SMILES string of the molecule is [C-]#[N+]c1cccc(C#N)c1-c1cccc2c1c1ccccc1n2-c1cc(-c2ccccc2)nc(-c2ccccc2)c1. The first kappa shape index (κ1) is 24.1. The van der Waals surface area contributed by atoms with Crippen LogP contribution in [-0.4, -0.2) is 9.55 Å². The molecule has 0 atom stereocenters. The van der Waals surface area contributed by atoms with Gasteiger partial charge in [0.1, 0.15) is 0 Å². The van der Waals surface area contributed by atoms with E-state index in [2.05, 4.69) is 70.1 Å². The highest BCUT2D eigenvalue weighted by atomic mass is 15.0. The van der Waals surface area contributed by atoms with Crippen molar-refractivity contribution in [2.45, 2.75) is 0 Å². The van der Waals surface area contributed by atoms with E-state index in [1.807, 2.05) is 60.7 Å². The molecule has 0 unspecified atom stereocenters. The summed E-state index contributed by atoms with van der Waals surface area (Å²) in [7, 11) is 0. The largest absolute Gasteiger partial charge is 0.309 e. The number of rotatable bonds is 4. The molecule has 190 valence electrons. The molecule has 0 amide bonds. The van der Waals surface area contributed by atoms with Gasteiger partial charge in [0, 0.05) is 33.0 Å². The zero-order chi connectivity index (χ0) is 27.8. The standard InChI is InChI=1S/C37H22N4/c1-39-31-19-10-16-27(24-38)36(31)30-18-11-21-35-37(30)29-17-8-9-20-34(29)41(35)28-22-32(25-12-4-2-5-13-25)40-33(23-28)26-14-6-3-7-15-26/h2-23H. The Bertz CT molecular complexity index is 2070. The average molecular weight is 523 g/mol. The van der Waals surface area contributed by atoms with Crippen molar-refractivity contribution in [1.82, 2.24) is 9.55 Å². The van der Waals surface area contributed by atoms with Gasteiger partial charge in [0.2, 0.25) is 0 Å². The number of fused-ring (bicyclic) bond motifs is 3. The summed E-state index contributed by atoms with van der Waals surface area (Å²) in [5.74, 6) is 0. The molecule has 0 spiro atoms. The van der Waals surface area contributed by atoms with E-state index in [9.17, 15) is 5.26 Å². The molecular formula is C37H22N4. The second kappa shape index (κ2) is 9.97. The summed E-state index contributed by atoms with van der Waals surface area (Å²) in [6, 6.07) is 46.8. The van der Waals surface area contributed by atoms with Gasteiger partial charge in [-0.25, -0.2) is 9.83 Å². The monoisotopic (exact) mass is 522 g/mol. The zero-order valence-electron chi connectivity index (χ0n) is 22.0. The van der Waals surface area contributed by atoms with Crippen molar-refractivity contribution in [3.63, 3.8) is 0 Å². The molecule has 0 aliphatic heterocycles. The lowest BCUT2D eigenvalue weighted by Gasteiger charge is -2.14. The van der Waals surface area contributed by atoms with Gasteiger partial charge in [-0.05, 0) is 35.9 Å². The van der Waals surface area contributed by atoms with E-state index >= 15 is 0 Å². The second-order valence-electron chi connectivity index (χ2n) is 9.80. The van der Waals surface area contributed by atoms with Crippen LogP contribution in [-0.2, 0) is 0 Å². The van der Waals surface area contributed by atoms with Crippen LogP contribution in [0, 0.1) is 17.9 Å². The molecular weight excluding hydrogens is 500 g/mol. The highest BCUT2D eigenvalue weighted by Gasteiger charge is 2.20. The van der Waals surface area contributed by atoms with Crippen LogP contribution >= 0.6 is 0 Å². The molecule has 0 saturated carbocycles. The highest BCUT2D eigenvalue weighted by Crippen LogP contribution is 2.43. The van der Waals surface area contributed by atoms with Gasteiger partial charge >= 0.3 is 0 Å². The minimum Gasteiger partial charge on any atom is -0.309 e. The smallest absolute Gasteiger partial charge is 0.196 e. The number of nitrogens with zero attached hydrogens (tertiary/aromatic N) is 4. The van der Waals surface area contributed by atoms with Crippen molar-refractivity contribution in [3.05, 3.63) is 150 Å². The molecule has 5 aromatic carbocycles. The van der Waals surface area contributed by atoms with Crippen molar-refractivity contribution in [1.29, 1.82) is 5.26 Å². The van der Waals surface area contributed by atoms with E-state index in [0.717, 1.165) is 55.6 Å². The maximum atomic E-state index is 9.98. The van der Waals surface area contributed by atoms with E-state index < -0.39 is 0 Å². The first-order chi connectivity index (χ1) is 20.3. The van der Waals surface area contributed by atoms with Crippen molar-refractivity contribution in [2.75, 3.05) is 0 Å². The normalized spacial score (nSPS) is 10.9. The molecule has 4 nitrogen and oxygen atoms in total. The fourth-order valence-corrected chi connectivity index (χ4v) is 5.67. The Morgan fingerprint density at radius 2 is 1.27 bits per heavy atom. The Kier molecular flexibility index (Phi) is 5.86. The third-order valence-electron chi connectivity index (χ3n) is 7.46. The molecule has 2 aromatic heterocycles. The minimum atomic E-state index is 0.468. The molecule has 0 aliphatic carbocycles. The molecule has 0 bridgehead atoms. The summed E-state index contributed by atoms with van der Waals surface area (Å²) in [6.07, 6.45) is 0. The van der Waals surface area contributed by atoms with Crippen LogP contribution in [0.4, 0.5) is 5.69 Å².